The van der Waals surface area contributed by atoms with Gasteiger partial charge in [0.15, 0.2) is 0 Å². The highest BCUT2D eigenvalue weighted by Gasteiger charge is 2.37. The maximum absolute atomic E-state index is 13.0. The van der Waals surface area contributed by atoms with Crippen LogP contribution in [-0.2, 0) is 12.4 Å². The lowest BCUT2D eigenvalue weighted by Crippen LogP contribution is -2.20. The Morgan fingerprint density at radius 2 is 1.18 bits per heavy atom. The molecule has 8 nitrogen and oxygen atoms in total. The van der Waals surface area contributed by atoms with Crippen LogP contribution in [0.15, 0.2) is 79.3 Å². The molecule has 2 aromatic heterocycles. The number of nitrogens with one attached hydrogen (secondary N) is 4. The van der Waals surface area contributed by atoms with Crippen molar-refractivity contribution in [3.05, 3.63) is 90.4 Å². The summed E-state index contributed by atoms with van der Waals surface area (Å²) < 4.78 is 78.1. The number of carbonyl (C=O) groups is 1. The lowest BCUT2D eigenvalue weighted by Gasteiger charge is -2.15. The molecule has 0 aliphatic rings. The molecule has 0 aliphatic carbocycles. The van der Waals surface area contributed by atoms with E-state index in [1.807, 2.05) is 11.4 Å². The first-order valence-electron chi connectivity index (χ1n) is 10.7. The summed E-state index contributed by atoms with van der Waals surface area (Å²) in [5.74, 6) is 1.52. The van der Waals surface area contributed by atoms with Crippen molar-refractivity contribution in [2.24, 2.45) is 0 Å². The zero-order chi connectivity index (χ0) is 27.3. The fraction of sp³-hybridized carbons (Fsp3) is 0.0833. The van der Waals surface area contributed by atoms with Crippen molar-refractivity contribution in [2.45, 2.75) is 12.4 Å². The Morgan fingerprint density at radius 3 is 1.76 bits per heavy atom. The van der Waals surface area contributed by atoms with E-state index in [0.29, 0.717) is 35.3 Å². The highest BCUT2D eigenvalue weighted by molar-refractivity contribution is 6.00. The van der Waals surface area contributed by atoms with Crippen molar-refractivity contribution in [1.29, 1.82) is 0 Å². The van der Waals surface area contributed by atoms with Gasteiger partial charge in [-0.1, -0.05) is 6.07 Å². The number of benzene rings is 2. The summed E-state index contributed by atoms with van der Waals surface area (Å²) in [6.45, 7) is 0. The number of urea groups is 1. The largest absolute Gasteiger partial charge is 0.416 e. The van der Waals surface area contributed by atoms with Gasteiger partial charge in [0.1, 0.15) is 23.8 Å². The van der Waals surface area contributed by atoms with E-state index in [1.54, 1.807) is 36.5 Å². The molecule has 2 heterocycles. The van der Waals surface area contributed by atoms with Gasteiger partial charge in [0.2, 0.25) is 0 Å². The molecule has 0 radical (unpaired) electrons. The first kappa shape index (κ1) is 26.2. The number of nitrogens with zero attached hydrogens (tertiary/aromatic N) is 3. The molecule has 0 aliphatic heterocycles. The molecule has 0 fully saturated rings. The predicted octanol–water partition coefficient (Wildman–Crippen LogP) is 7.04. The molecule has 38 heavy (non-hydrogen) atoms. The van der Waals surface area contributed by atoms with E-state index in [-0.39, 0.29) is 11.8 Å². The number of pyridine rings is 1. The molecule has 2 aromatic carbocycles. The Kier molecular flexibility index (Phi) is 7.32. The summed E-state index contributed by atoms with van der Waals surface area (Å²) in [5, 5.41) is 10.4. The third kappa shape index (κ3) is 7.09. The van der Waals surface area contributed by atoms with Crippen molar-refractivity contribution in [2.75, 3.05) is 21.3 Å². The van der Waals surface area contributed by atoms with E-state index in [0.717, 1.165) is 0 Å². The Hall–Kier alpha value is -4.88. The van der Waals surface area contributed by atoms with Crippen LogP contribution in [0.4, 0.5) is 65.7 Å². The van der Waals surface area contributed by atoms with Crippen LogP contribution in [0.1, 0.15) is 11.1 Å². The molecular weight excluding hydrogens is 516 g/mol. The molecule has 0 saturated carbocycles. The average molecular weight is 533 g/mol. The van der Waals surface area contributed by atoms with Crippen molar-refractivity contribution in [1.82, 2.24) is 15.0 Å². The van der Waals surface area contributed by atoms with E-state index in [9.17, 15) is 31.1 Å². The molecule has 14 heteroatoms. The van der Waals surface area contributed by atoms with Gasteiger partial charge < -0.3 is 21.3 Å². The van der Waals surface area contributed by atoms with E-state index in [2.05, 4.69) is 30.9 Å². The van der Waals surface area contributed by atoms with Crippen LogP contribution in [-0.4, -0.2) is 21.0 Å². The number of aromatic nitrogens is 3. The quantitative estimate of drug-likeness (QED) is 0.198. The monoisotopic (exact) mass is 533 g/mol. The molecule has 4 rings (SSSR count). The maximum atomic E-state index is 13.0. The number of anilines is 6. The second-order valence-corrected chi connectivity index (χ2v) is 7.70. The normalized spacial score (nSPS) is 11.5. The van der Waals surface area contributed by atoms with Gasteiger partial charge in [-0.3, -0.25) is 0 Å². The number of hydrogen-bond donors (Lipinski definition) is 4. The topological polar surface area (TPSA) is 104 Å². The van der Waals surface area contributed by atoms with Gasteiger partial charge in [-0.25, -0.2) is 19.7 Å². The van der Waals surface area contributed by atoms with Gasteiger partial charge in [-0.2, -0.15) is 26.3 Å². The van der Waals surface area contributed by atoms with Crippen LogP contribution in [0.2, 0.25) is 0 Å². The number of hydrogen-bond acceptors (Lipinski definition) is 6. The van der Waals surface area contributed by atoms with Crippen molar-refractivity contribution >= 4 is 40.5 Å². The lowest BCUT2D eigenvalue weighted by atomic mass is 10.1. The van der Waals surface area contributed by atoms with Gasteiger partial charge in [-0.15, -0.1) is 0 Å². The molecule has 0 saturated heterocycles. The molecule has 2 amide bonds. The van der Waals surface area contributed by atoms with Crippen LogP contribution in [0.5, 0.6) is 0 Å². The number of carbonyl (C=O) groups excluding carboxylic acids is 1. The zero-order valence-corrected chi connectivity index (χ0v) is 19.0. The van der Waals surface area contributed by atoms with Crippen molar-refractivity contribution < 1.29 is 31.1 Å². The number of amides is 2. The third-order valence-electron chi connectivity index (χ3n) is 4.85. The van der Waals surface area contributed by atoms with Crippen molar-refractivity contribution in [3.8, 4) is 0 Å². The van der Waals surface area contributed by atoms with Gasteiger partial charge in [0.25, 0.3) is 0 Å². The van der Waals surface area contributed by atoms with Gasteiger partial charge >= 0.3 is 18.4 Å². The molecule has 0 spiro atoms. The molecule has 0 unspecified atom stereocenters. The number of rotatable bonds is 6. The summed E-state index contributed by atoms with van der Waals surface area (Å²) >= 11 is 0. The Bertz CT molecular complexity index is 1380. The molecule has 0 atom stereocenters. The molecule has 196 valence electrons. The SMILES string of the molecule is O=C(Nc1ccc(Nc2cc(Nc3ccccn3)ncn2)cc1)Nc1cc(C(F)(F)F)cc(C(F)(F)F)c1. The second-order valence-electron chi connectivity index (χ2n) is 7.70. The van der Waals surface area contributed by atoms with Gasteiger partial charge in [0, 0.05) is 29.3 Å². The number of halogens is 6. The molecule has 0 bridgehead atoms. The Morgan fingerprint density at radius 1 is 0.605 bits per heavy atom. The van der Waals surface area contributed by atoms with Gasteiger partial charge in [0.05, 0.1) is 11.1 Å². The van der Waals surface area contributed by atoms with Crippen LogP contribution in [0.25, 0.3) is 0 Å². The summed E-state index contributed by atoms with van der Waals surface area (Å²) in [6.07, 6.45) is -7.10. The molecule has 4 N–H and O–H groups in total. The van der Waals surface area contributed by atoms with E-state index >= 15 is 0 Å². The maximum Gasteiger partial charge on any atom is 0.416 e. The minimum atomic E-state index is -5.03. The standard InChI is InChI=1S/C24H17F6N7O/c25-23(26,27)14-9-15(24(28,29)30)11-18(10-14)36-22(38)35-17-6-4-16(5-7-17)34-20-12-21(33-13-32-20)37-19-3-1-2-8-31-19/h1-13H,(H2,35,36,38)(H2,31,32,33,34,37). The van der Waals surface area contributed by atoms with Crippen LogP contribution in [0, 0.1) is 0 Å². The summed E-state index contributed by atoms with van der Waals surface area (Å²) in [7, 11) is 0. The molecule has 4 aromatic rings. The first-order valence-corrected chi connectivity index (χ1v) is 10.7. The van der Waals surface area contributed by atoms with E-state index in [4.69, 9.17) is 0 Å². The smallest absolute Gasteiger partial charge is 0.340 e. The predicted molar refractivity (Wildman–Crippen MR) is 128 cm³/mol. The molecular formula is C24H17F6N7O. The van der Waals surface area contributed by atoms with Crippen LogP contribution < -0.4 is 21.3 Å². The zero-order valence-electron chi connectivity index (χ0n) is 19.0. The highest BCUT2D eigenvalue weighted by Crippen LogP contribution is 2.37. The summed E-state index contributed by atoms with van der Waals surface area (Å²) in [6, 6.07) is 12.9. The second kappa shape index (κ2) is 10.6. The van der Waals surface area contributed by atoms with E-state index in [1.165, 1.54) is 18.5 Å². The fourth-order valence-electron chi connectivity index (χ4n) is 3.17. The van der Waals surface area contributed by atoms with Crippen molar-refractivity contribution in [3.63, 3.8) is 0 Å². The highest BCUT2D eigenvalue weighted by atomic mass is 19.4. The summed E-state index contributed by atoms with van der Waals surface area (Å²) in [4.78, 5) is 24.6. The van der Waals surface area contributed by atoms with Crippen LogP contribution in [0.3, 0.4) is 0 Å². The lowest BCUT2D eigenvalue weighted by molar-refractivity contribution is -0.143. The summed E-state index contributed by atoms with van der Waals surface area (Å²) in [5.41, 5.74) is -2.94. The van der Waals surface area contributed by atoms with Crippen LogP contribution >= 0.6 is 0 Å². The fourth-order valence-corrected chi connectivity index (χ4v) is 3.17. The Labute approximate surface area is 211 Å². The number of alkyl halides is 6. The van der Waals surface area contributed by atoms with Gasteiger partial charge in [-0.05, 0) is 54.6 Å². The first-order chi connectivity index (χ1) is 18.0. The third-order valence-corrected chi connectivity index (χ3v) is 4.85. The average Bonchev–Trinajstić information content (AvgIpc) is 2.85. The minimum absolute atomic E-state index is 0.0238. The van der Waals surface area contributed by atoms with E-state index < -0.39 is 35.2 Å². The Balaban J connectivity index is 1.40. The minimum Gasteiger partial charge on any atom is -0.340 e.